The number of aromatic nitrogens is 1. The van der Waals surface area contributed by atoms with E-state index < -0.39 is 0 Å². The van der Waals surface area contributed by atoms with Crippen LogP contribution in [-0.2, 0) is 4.79 Å². The summed E-state index contributed by atoms with van der Waals surface area (Å²) >= 11 is 0. The van der Waals surface area contributed by atoms with Crippen molar-refractivity contribution in [3.8, 4) is 0 Å². The predicted octanol–water partition coefficient (Wildman–Crippen LogP) is 5.08. The molecule has 26 heavy (non-hydrogen) atoms. The van der Waals surface area contributed by atoms with Crippen LogP contribution >= 0.6 is 0 Å². The van der Waals surface area contributed by atoms with Gasteiger partial charge < -0.3 is 9.47 Å². The highest BCUT2D eigenvalue weighted by Crippen LogP contribution is 2.41. The number of rotatable bonds is 2. The second kappa shape index (κ2) is 7.05. The number of likely N-dealkylation sites (tertiary alicyclic amines) is 1. The predicted molar refractivity (Wildman–Crippen MR) is 103 cm³/mol. The first-order valence-electron chi connectivity index (χ1n) is 10.1. The van der Waals surface area contributed by atoms with Crippen LogP contribution in [0.4, 0.5) is 4.39 Å². The molecule has 1 aromatic carbocycles. The zero-order valence-electron chi connectivity index (χ0n) is 15.9. The molecule has 0 radical (unpaired) electrons. The Balaban J connectivity index is 1.51. The Morgan fingerprint density at radius 3 is 2.58 bits per heavy atom. The molecule has 2 atom stereocenters. The monoisotopic (exact) mass is 356 g/mol. The summed E-state index contributed by atoms with van der Waals surface area (Å²) in [7, 11) is 0. The van der Waals surface area contributed by atoms with Gasteiger partial charge in [-0.05, 0) is 62.1 Å². The third-order valence-electron chi connectivity index (χ3n) is 6.76. The number of nitrogens with zero attached hydrogens (tertiary/aromatic N) is 2. The average molecular weight is 356 g/mol. The lowest BCUT2D eigenvalue weighted by atomic mass is 9.74. The van der Waals surface area contributed by atoms with E-state index >= 15 is 0 Å². The van der Waals surface area contributed by atoms with Crippen molar-refractivity contribution in [2.24, 2.45) is 11.8 Å². The van der Waals surface area contributed by atoms with Gasteiger partial charge in [0.2, 0.25) is 5.91 Å². The molecule has 0 bridgehead atoms. The molecule has 140 valence electrons. The Kier molecular flexibility index (Phi) is 4.76. The van der Waals surface area contributed by atoms with Crippen LogP contribution in [-0.4, -0.2) is 28.5 Å². The van der Waals surface area contributed by atoms with E-state index in [0.717, 1.165) is 54.2 Å². The molecule has 2 aromatic rings. The molecule has 1 saturated carbocycles. The zero-order valence-corrected chi connectivity index (χ0v) is 15.9. The molecule has 2 aliphatic rings. The van der Waals surface area contributed by atoms with Crippen molar-refractivity contribution in [1.29, 1.82) is 0 Å². The molecule has 1 amide bonds. The zero-order chi connectivity index (χ0) is 18.3. The highest BCUT2D eigenvalue weighted by atomic mass is 19.1. The van der Waals surface area contributed by atoms with Crippen LogP contribution in [0, 0.1) is 24.6 Å². The van der Waals surface area contributed by atoms with Crippen LogP contribution in [0.3, 0.4) is 0 Å². The molecule has 0 spiro atoms. The summed E-state index contributed by atoms with van der Waals surface area (Å²) in [6.07, 6.45) is 9.28. The van der Waals surface area contributed by atoms with Crippen molar-refractivity contribution >= 4 is 16.8 Å². The van der Waals surface area contributed by atoms with Gasteiger partial charge in [-0.3, -0.25) is 4.79 Å². The number of amides is 1. The Labute approximate surface area is 155 Å². The van der Waals surface area contributed by atoms with Gasteiger partial charge in [0.1, 0.15) is 5.82 Å². The van der Waals surface area contributed by atoms with Crippen LogP contribution in [0.15, 0.2) is 24.4 Å². The minimum absolute atomic E-state index is 0.117. The van der Waals surface area contributed by atoms with E-state index in [1.165, 1.54) is 25.7 Å². The van der Waals surface area contributed by atoms with Gasteiger partial charge in [-0.1, -0.05) is 18.9 Å². The van der Waals surface area contributed by atoms with Crippen LogP contribution in [0.1, 0.15) is 57.1 Å². The van der Waals surface area contributed by atoms with Gasteiger partial charge in [-0.15, -0.1) is 0 Å². The molecule has 0 N–H and O–H groups in total. The van der Waals surface area contributed by atoms with E-state index in [2.05, 4.69) is 17.7 Å². The lowest BCUT2D eigenvalue weighted by Gasteiger charge is -2.40. The van der Waals surface area contributed by atoms with Gasteiger partial charge >= 0.3 is 0 Å². The number of piperidine rings is 1. The third-order valence-corrected chi connectivity index (χ3v) is 6.76. The third kappa shape index (κ3) is 3.15. The summed E-state index contributed by atoms with van der Waals surface area (Å²) < 4.78 is 16.5. The van der Waals surface area contributed by atoms with Crippen molar-refractivity contribution in [2.75, 3.05) is 13.1 Å². The fourth-order valence-corrected chi connectivity index (χ4v) is 5.29. The molecule has 3 nitrogen and oxygen atoms in total. The number of aryl methyl sites for hydroxylation is 1. The number of fused-ring (bicyclic) bond motifs is 1. The van der Waals surface area contributed by atoms with Crippen molar-refractivity contribution in [3.05, 3.63) is 35.8 Å². The maximum absolute atomic E-state index is 14.2. The minimum atomic E-state index is -0.117. The molecule has 4 heteroatoms. The molecule has 2 heterocycles. The molecule has 1 aliphatic carbocycles. The van der Waals surface area contributed by atoms with Crippen LogP contribution in [0.2, 0.25) is 0 Å². The minimum Gasteiger partial charge on any atom is -0.344 e. The number of carbonyl (C=O) groups is 1. The quantitative estimate of drug-likeness (QED) is 0.737. The molecule has 2 fully saturated rings. The molecule has 4 rings (SSSR count). The first kappa shape index (κ1) is 17.6. The maximum atomic E-state index is 14.2. The van der Waals surface area contributed by atoms with Crippen molar-refractivity contribution in [1.82, 2.24) is 9.47 Å². The Bertz CT molecular complexity index is 804. The fourth-order valence-electron chi connectivity index (χ4n) is 5.29. The summed E-state index contributed by atoms with van der Waals surface area (Å²) in [5.74, 6) is 1.55. The van der Waals surface area contributed by atoms with Crippen molar-refractivity contribution in [3.63, 3.8) is 0 Å². The van der Waals surface area contributed by atoms with E-state index in [1.54, 1.807) is 13.0 Å². The van der Waals surface area contributed by atoms with Gasteiger partial charge in [0.25, 0.3) is 0 Å². The first-order valence-corrected chi connectivity index (χ1v) is 10.1. The normalized spacial score (nSPS) is 25.0. The smallest absolute Gasteiger partial charge is 0.219 e. The maximum Gasteiger partial charge on any atom is 0.219 e. The fraction of sp³-hybridized carbons (Fsp3) is 0.591. The highest BCUT2D eigenvalue weighted by Gasteiger charge is 2.32. The molecular weight excluding hydrogens is 327 g/mol. The Hall–Kier alpha value is -1.84. The Morgan fingerprint density at radius 1 is 1.08 bits per heavy atom. The number of halogens is 1. The van der Waals surface area contributed by atoms with Gasteiger partial charge in [0.15, 0.2) is 0 Å². The van der Waals surface area contributed by atoms with E-state index in [1.807, 2.05) is 17.0 Å². The Morgan fingerprint density at radius 2 is 1.85 bits per heavy atom. The SMILES string of the molecule is CC(=O)N1CCC([C@@H]2CCC[C@@H](n3ccc4c(F)ccc(C)c43)C2)CC1. The highest BCUT2D eigenvalue weighted by molar-refractivity contribution is 5.84. The van der Waals surface area contributed by atoms with E-state index in [0.29, 0.717) is 6.04 Å². The standard InChI is InChI=1S/C22H29FN2O/c1-15-6-7-21(23)20-10-13-25(22(15)20)19-5-3-4-18(14-19)17-8-11-24(12-9-17)16(2)26/h6-7,10,13,17-19H,3-5,8-9,11-12,14H2,1-2H3/t18-,19-/m1/s1. The molecule has 0 unspecified atom stereocenters. The van der Waals surface area contributed by atoms with Crippen LogP contribution in [0.25, 0.3) is 10.9 Å². The molecule has 1 aliphatic heterocycles. The summed E-state index contributed by atoms with van der Waals surface area (Å²) in [4.78, 5) is 13.6. The lowest BCUT2D eigenvalue weighted by molar-refractivity contribution is -0.130. The molecule has 1 aromatic heterocycles. The van der Waals surface area contributed by atoms with Crippen molar-refractivity contribution < 1.29 is 9.18 Å². The van der Waals surface area contributed by atoms with E-state index in [9.17, 15) is 9.18 Å². The summed E-state index contributed by atoms with van der Waals surface area (Å²) in [6.45, 7) is 5.58. The molecule has 1 saturated heterocycles. The summed E-state index contributed by atoms with van der Waals surface area (Å²) in [5, 5.41) is 0.752. The van der Waals surface area contributed by atoms with E-state index in [4.69, 9.17) is 0 Å². The topological polar surface area (TPSA) is 25.2 Å². The number of hydrogen-bond acceptors (Lipinski definition) is 1. The first-order chi connectivity index (χ1) is 12.5. The number of benzene rings is 1. The largest absolute Gasteiger partial charge is 0.344 e. The number of carbonyl (C=O) groups excluding carboxylic acids is 1. The second-order valence-corrected chi connectivity index (χ2v) is 8.27. The summed E-state index contributed by atoms with van der Waals surface area (Å²) in [6, 6.07) is 5.88. The summed E-state index contributed by atoms with van der Waals surface area (Å²) in [5.41, 5.74) is 2.23. The van der Waals surface area contributed by atoms with Crippen LogP contribution in [0.5, 0.6) is 0 Å². The van der Waals surface area contributed by atoms with Gasteiger partial charge in [0, 0.05) is 37.6 Å². The molecular formula is C22H29FN2O. The second-order valence-electron chi connectivity index (χ2n) is 8.27. The lowest BCUT2D eigenvalue weighted by Crippen LogP contribution is -2.39. The van der Waals surface area contributed by atoms with Crippen LogP contribution < -0.4 is 0 Å². The van der Waals surface area contributed by atoms with Gasteiger partial charge in [0.05, 0.1) is 5.52 Å². The van der Waals surface area contributed by atoms with E-state index in [-0.39, 0.29) is 11.7 Å². The number of hydrogen-bond donors (Lipinski definition) is 0. The van der Waals surface area contributed by atoms with Crippen molar-refractivity contribution in [2.45, 2.75) is 58.4 Å². The van der Waals surface area contributed by atoms with Gasteiger partial charge in [-0.25, -0.2) is 4.39 Å². The van der Waals surface area contributed by atoms with Gasteiger partial charge in [-0.2, -0.15) is 0 Å². The average Bonchev–Trinajstić information content (AvgIpc) is 3.11.